The second-order valence-electron chi connectivity index (χ2n) is 7.27. The first-order valence-corrected chi connectivity index (χ1v) is 14.6. The van der Waals surface area contributed by atoms with E-state index in [2.05, 4.69) is 9.44 Å². The number of halogens is 2. The van der Waals surface area contributed by atoms with Gasteiger partial charge in [-0.3, -0.25) is 9.44 Å². The minimum Gasteiger partial charge on any atom is -0.280 e. The number of nitrogens with one attached hydrogen (secondary N) is 2. The van der Waals surface area contributed by atoms with Crippen LogP contribution in [-0.4, -0.2) is 16.8 Å². The van der Waals surface area contributed by atoms with Gasteiger partial charge >= 0.3 is 0 Å². The summed E-state index contributed by atoms with van der Waals surface area (Å²) in [6, 6.07) is 25.7. The van der Waals surface area contributed by atoms with Crippen LogP contribution in [0.5, 0.6) is 0 Å². The summed E-state index contributed by atoms with van der Waals surface area (Å²) in [7, 11) is -7.44. The quantitative estimate of drug-likeness (QED) is 0.247. The van der Waals surface area contributed by atoms with E-state index in [9.17, 15) is 16.8 Å². The molecule has 0 bridgehead atoms. The first-order valence-electron chi connectivity index (χ1n) is 10.1. The lowest BCUT2D eigenvalue weighted by Crippen LogP contribution is -2.12. The van der Waals surface area contributed by atoms with Crippen LogP contribution in [0.15, 0.2) is 117 Å². The van der Waals surface area contributed by atoms with Crippen molar-refractivity contribution in [1.29, 1.82) is 0 Å². The number of hydrogen-bond acceptors (Lipinski definition) is 5. The molecule has 0 aliphatic carbocycles. The largest absolute Gasteiger partial charge is 0.280 e. The van der Waals surface area contributed by atoms with Gasteiger partial charge in [0.1, 0.15) is 0 Å². The van der Waals surface area contributed by atoms with Gasteiger partial charge in [0.2, 0.25) is 0 Å². The zero-order valence-electron chi connectivity index (χ0n) is 17.9. The monoisotopic (exact) mass is 564 g/mol. The SMILES string of the molecule is O=S(=O)(Nc1ccc(Sc2ccc(NS(=O)(=O)c3ccc(Cl)cc3)cc2)cc1)c1ccc(Cl)cc1. The van der Waals surface area contributed by atoms with Gasteiger partial charge in [-0.15, -0.1) is 0 Å². The average molecular weight is 566 g/mol. The van der Waals surface area contributed by atoms with E-state index in [1.807, 2.05) is 0 Å². The molecule has 4 aromatic carbocycles. The second-order valence-corrected chi connectivity index (χ2v) is 12.7. The van der Waals surface area contributed by atoms with E-state index >= 15 is 0 Å². The van der Waals surface area contributed by atoms with Gasteiger partial charge in [0, 0.05) is 31.2 Å². The van der Waals surface area contributed by atoms with Crippen molar-refractivity contribution >= 4 is 66.4 Å². The van der Waals surface area contributed by atoms with Gasteiger partial charge in [0.25, 0.3) is 20.0 Å². The molecule has 4 aromatic rings. The molecule has 0 aliphatic heterocycles. The highest BCUT2D eigenvalue weighted by molar-refractivity contribution is 7.99. The van der Waals surface area contributed by atoms with Crippen LogP contribution in [0.25, 0.3) is 0 Å². The smallest absolute Gasteiger partial charge is 0.261 e. The van der Waals surface area contributed by atoms with Crippen LogP contribution >= 0.6 is 35.0 Å². The lowest BCUT2D eigenvalue weighted by molar-refractivity contribution is 0.599. The molecule has 4 rings (SSSR count). The molecule has 35 heavy (non-hydrogen) atoms. The number of rotatable bonds is 8. The molecule has 0 aromatic heterocycles. The third-order valence-corrected chi connectivity index (χ3v) is 9.01. The number of anilines is 2. The lowest BCUT2D eigenvalue weighted by atomic mass is 10.3. The Balaban J connectivity index is 1.39. The molecule has 6 nitrogen and oxygen atoms in total. The van der Waals surface area contributed by atoms with Gasteiger partial charge in [0.15, 0.2) is 0 Å². The summed E-state index contributed by atoms with van der Waals surface area (Å²) in [6.45, 7) is 0. The Morgan fingerprint density at radius 1 is 0.486 bits per heavy atom. The zero-order valence-corrected chi connectivity index (χ0v) is 21.8. The fourth-order valence-electron chi connectivity index (χ4n) is 2.97. The molecule has 2 N–H and O–H groups in total. The minimum absolute atomic E-state index is 0.118. The normalized spacial score (nSPS) is 11.7. The maximum Gasteiger partial charge on any atom is 0.261 e. The van der Waals surface area contributed by atoms with Gasteiger partial charge in [-0.25, -0.2) is 16.8 Å². The molecule has 0 aliphatic rings. The van der Waals surface area contributed by atoms with E-state index in [0.29, 0.717) is 21.4 Å². The van der Waals surface area contributed by atoms with Gasteiger partial charge in [-0.2, -0.15) is 0 Å². The topological polar surface area (TPSA) is 92.3 Å². The first-order chi connectivity index (χ1) is 16.6. The van der Waals surface area contributed by atoms with Crippen LogP contribution in [0.3, 0.4) is 0 Å². The maximum absolute atomic E-state index is 12.5. The highest BCUT2D eigenvalue weighted by atomic mass is 35.5. The molecule has 0 atom stereocenters. The van der Waals surface area contributed by atoms with E-state index in [1.54, 1.807) is 48.5 Å². The van der Waals surface area contributed by atoms with Crippen LogP contribution in [0, 0.1) is 0 Å². The van der Waals surface area contributed by atoms with Gasteiger partial charge < -0.3 is 0 Å². The van der Waals surface area contributed by atoms with Crippen molar-refractivity contribution < 1.29 is 16.8 Å². The molecule has 180 valence electrons. The molecule has 0 fully saturated rings. The molecular weight excluding hydrogens is 547 g/mol. The number of sulfonamides is 2. The first kappa shape index (κ1) is 25.4. The Bertz CT molecular complexity index is 1410. The number of benzene rings is 4. The van der Waals surface area contributed by atoms with Crippen molar-refractivity contribution in [3.63, 3.8) is 0 Å². The summed E-state index contributed by atoms with van der Waals surface area (Å²) < 4.78 is 55.1. The van der Waals surface area contributed by atoms with Crippen molar-refractivity contribution in [2.45, 2.75) is 19.6 Å². The summed E-state index contributed by atoms with van der Waals surface area (Å²) in [5.41, 5.74) is 0.854. The third kappa shape index (κ3) is 6.71. The maximum atomic E-state index is 12.5. The van der Waals surface area contributed by atoms with Crippen molar-refractivity contribution in [2.24, 2.45) is 0 Å². The molecule has 0 unspecified atom stereocenters. The Kier molecular flexibility index (Phi) is 7.63. The van der Waals surface area contributed by atoms with Crippen LogP contribution in [0.1, 0.15) is 0 Å². The number of hydrogen-bond donors (Lipinski definition) is 2. The van der Waals surface area contributed by atoms with E-state index in [4.69, 9.17) is 23.2 Å². The Labute approximate surface area is 218 Å². The van der Waals surface area contributed by atoms with E-state index in [-0.39, 0.29) is 9.79 Å². The molecule has 0 saturated heterocycles. The van der Waals surface area contributed by atoms with Crippen LogP contribution < -0.4 is 9.44 Å². The van der Waals surface area contributed by atoms with Gasteiger partial charge in [-0.1, -0.05) is 35.0 Å². The average Bonchev–Trinajstić information content (AvgIpc) is 2.82. The highest BCUT2D eigenvalue weighted by Crippen LogP contribution is 2.30. The van der Waals surface area contributed by atoms with Crippen molar-refractivity contribution in [2.75, 3.05) is 9.44 Å². The molecule has 0 saturated carbocycles. The Morgan fingerprint density at radius 2 is 0.800 bits per heavy atom. The molecular formula is C24H18Cl2N2O4S3. The third-order valence-electron chi connectivity index (χ3n) is 4.70. The van der Waals surface area contributed by atoms with E-state index in [0.717, 1.165) is 9.79 Å². The standard InChI is InChI=1S/C24H18Cl2N2O4S3/c25-17-1-13-23(14-2-17)34(29,30)27-19-5-9-21(10-6-19)33-22-11-7-20(8-12-22)28-35(31,32)24-15-3-18(26)4-16-24/h1-16,27-28H. The fraction of sp³-hybridized carbons (Fsp3) is 0. The zero-order chi connectivity index (χ0) is 25.1. The van der Waals surface area contributed by atoms with Crippen LogP contribution in [0.2, 0.25) is 10.0 Å². The molecule has 0 heterocycles. The van der Waals surface area contributed by atoms with Crippen molar-refractivity contribution in [3.8, 4) is 0 Å². The summed E-state index contributed by atoms with van der Waals surface area (Å²) in [6.07, 6.45) is 0. The summed E-state index contributed by atoms with van der Waals surface area (Å²) in [4.78, 5) is 2.00. The van der Waals surface area contributed by atoms with E-state index in [1.165, 1.54) is 60.3 Å². The van der Waals surface area contributed by atoms with Crippen LogP contribution in [-0.2, 0) is 20.0 Å². The van der Waals surface area contributed by atoms with Crippen molar-refractivity contribution in [3.05, 3.63) is 107 Å². The Morgan fingerprint density at radius 3 is 1.11 bits per heavy atom. The van der Waals surface area contributed by atoms with Gasteiger partial charge in [-0.05, 0) is 97.1 Å². The molecule has 0 spiro atoms. The summed E-state index contributed by atoms with van der Waals surface area (Å²) in [5, 5.41) is 0.912. The summed E-state index contributed by atoms with van der Waals surface area (Å²) >= 11 is 13.1. The molecule has 11 heteroatoms. The molecule has 0 amide bonds. The fourth-order valence-corrected chi connectivity index (χ4v) is 6.16. The minimum atomic E-state index is -3.72. The van der Waals surface area contributed by atoms with Gasteiger partial charge in [0.05, 0.1) is 9.79 Å². The predicted octanol–water partition coefficient (Wildman–Crippen LogP) is 6.75. The second kappa shape index (κ2) is 10.5. The lowest BCUT2D eigenvalue weighted by Gasteiger charge is -2.10. The molecule has 0 radical (unpaired) electrons. The van der Waals surface area contributed by atoms with Crippen LogP contribution in [0.4, 0.5) is 11.4 Å². The predicted molar refractivity (Wildman–Crippen MR) is 142 cm³/mol. The summed E-state index contributed by atoms with van der Waals surface area (Å²) in [5.74, 6) is 0. The Hall–Kier alpha value is -2.69. The highest BCUT2D eigenvalue weighted by Gasteiger charge is 2.15. The van der Waals surface area contributed by atoms with Crippen molar-refractivity contribution in [1.82, 2.24) is 0 Å². The van der Waals surface area contributed by atoms with E-state index < -0.39 is 20.0 Å².